The van der Waals surface area contributed by atoms with E-state index in [1.54, 1.807) is 11.3 Å². The first kappa shape index (κ1) is 26.5. The predicted molar refractivity (Wildman–Crippen MR) is 148 cm³/mol. The van der Waals surface area contributed by atoms with E-state index in [9.17, 15) is 5.11 Å². The Balaban J connectivity index is 0.00000324. The molecule has 4 rings (SSSR count). The molecule has 0 radical (unpaired) electrons. The van der Waals surface area contributed by atoms with Gasteiger partial charge in [-0.2, -0.15) is 0 Å². The van der Waals surface area contributed by atoms with Crippen LogP contribution < -0.4 is 4.90 Å². The average molecular weight is 500 g/mol. The Morgan fingerprint density at radius 1 is 0.882 bits per heavy atom. The van der Waals surface area contributed by atoms with Crippen molar-refractivity contribution in [3.63, 3.8) is 0 Å². The Bertz CT molecular complexity index is 1060. The monoisotopic (exact) mass is 499 g/mol. The maximum atomic E-state index is 11.0. The summed E-state index contributed by atoms with van der Waals surface area (Å²) < 4.78 is 0. The van der Waals surface area contributed by atoms with E-state index in [0.717, 1.165) is 60.1 Å². The maximum absolute atomic E-state index is 11.0. The number of phenols is 1. The number of aromatic hydroxyl groups is 1. The number of hydrogen-bond acceptors (Lipinski definition) is 5. The van der Waals surface area contributed by atoms with E-state index < -0.39 is 0 Å². The van der Waals surface area contributed by atoms with Crippen LogP contribution in [0.25, 0.3) is 11.3 Å². The molecule has 0 atom stereocenters. The van der Waals surface area contributed by atoms with Gasteiger partial charge >= 0.3 is 0 Å². The molecule has 0 bridgehead atoms. The standard InChI is InChI=1S/C28H37N3OS.ClH/c1-27(2,3)22-16-20(17-23(26(22)32)28(4,5)6)24-19-33-25(29-24)18-30-12-14-31(15-13-30)21-10-8-7-9-11-21;/h7-11,16-17,19,32H,12-15,18H2,1-6H3;1H. The summed E-state index contributed by atoms with van der Waals surface area (Å²) >= 11 is 1.74. The number of thiazole rings is 1. The van der Waals surface area contributed by atoms with E-state index >= 15 is 0 Å². The van der Waals surface area contributed by atoms with Crippen LogP contribution in [0.5, 0.6) is 5.75 Å². The summed E-state index contributed by atoms with van der Waals surface area (Å²) in [7, 11) is 0. The van der Waals surface area contributed by atoms with Crippen LogP contribution in [0.2, 0.25) is 0 Å². The van der Waals surface area contributed by atoms with Crippen molar-refractivity contribution < 1.29 is 5.11 Å². The highest BCUT2D eigenvalue weighted by Gasteiger charge is 2.27. The molecule has 0 saturated carbocycles. The fourth-order valence-electron chi connectivity index (χ4n) is 4.44. The first-order valence-corrected chi connectivity index (χ1v) is 12.8. The number of para-hydroxylation sites is 1. The molecule has 1 N–H and O–H groups in total. The largest absolute Gasteiger partial charge is 0.507 e. The van der Waals surface area contributed by atoms with Crippen molar-refractivity contribution in [3.8, 4) is 17.0 Å². The second-order valence-electron chi connectivity index (χ2n) is 11.1. The van der Waals surface area contributed by atoms with Crippen LogP contribution in [-0.2, 0) is 17.4 Å². The van der Waals surface area contributed by atoms with Crippen LogP contribution in [0.15, 0.2) is 47.8 Å². The lowest BCUT2D eigenvalue weighted by atomic mass is 9.78. The molecule has 0 amide bonds. The molecular formula is C28H38ClN3OS. The molecule has 4 nitrogen and oxygen atoms in total. The normalized spacial score (nSPS) is 15.3. The van der Waals surface area contributed by atoms with Crippen molar-refractivity contribution in [2.24, 2.45) is 0 Å². The first-order chi connectivity index (χ1) is 15.5. The molecule has 3 aromatic rings. The topological polar surface area (TPSA) is 39.6 Å². The van der Waals surface area contributed by atoms with Crippen LogP contribution in [-0.4, -0.2) is 41.2 Å². The van der Waals surface area contributed by atoms with Gasteiger partial charge in [-0.1, -0.05) is 59.7 Å². The molecule has 1 aromatic heterocycles. The minimum absolute atomic E-state index is 0. The van der Waals surface area contributed by atoms with Gasteiger partial charge in [0.25, 0.3) is 0 Å². The third-order valence-electron chi connectivity index (χ3n) is 6.43. The molecule has 184 valence electrons. The smallest absolute Gasteiger partial charge is 0.123 e. The maximum Gasteiger partial charge on any atom is 0.123 e. The zero-order valence-electron chi connectivity index (χ0n) is 21.3. The van der Waals surface area contributed by atoms with E-state index in [4.69, 9.17) is 4.98 Å². The summed E-state index contributed by atoms with van der Waals surface area (Å²) in [6, 6.07) is 14.9. The number of rotatable bonds is 4. The van der Waals surface area contributed by atoms with Crippen LogP contribution in [0, 0.1) is 0 Å². The Hall–Kier alpha value is -2.08. The van der Waals surface area contributed by atoms with E-state index in [1.807, 2.05) is 0 Å². The molecule has 6 heteroatoms. The summed E-state index contributed by atoms with van der Waals surface area (Å²) in [4.78, 5) is 9.97. The molecule has 2 heterocycles. The van der Waals surface area contributed by atoms with Gasteiger partial charge in [-0.3, -0.25) is 4.90 Å². The van der Waals surface area contributed by atoms with Crippen molar-refractivity contribution in [2.75, 3.05) is 31.1 Å². The molecule has 1 aliphatic heterocycles. The molecule has 1 saturated heterocycles. The molecule has 1 aliphatic rings. The highest BCUT2D eigenvalue weighted by atomic mass is 35.5. The van der Waals surface area contributed by atoms with Gasteiger partial charge in [-0.25, -0.2) is 4.98 Å². The number of phenolic OH excluding ortho intramolecular Hbond substituents is 1. The summed E-state index contributed by atoms with van der Waals surface area (Å²) in [5.74, 6) is 0.422. The quantitative estimate of drug-likeness (QED) is 0.426. The van der Waals surface area contributed by atoms with Gasteiger partial charge in [0, 0.05) is 53.9 Å². The van der Waals surface area contributed by atoms with Gasteiger partial charge in [0.1, 0.15) is 10.8 Å². The minimum Gasteiger partial charge on any atom is -0.507 e. The van der Waals surface area contributed by atoms with Gasteiger partial charge in [-0.05, 0) is 35.1 Å². The number of halogens is 1. The Morgan fingerprint density at radius 3 is 1.97 bits per heavy atom. The van der Waals surface area contributed by atoms with Crippen LogP contribution in [0.4, 0.5) is 5.69 Å². The number of hydrogen-bond donors (Lipinski definition) is 1. The SMILES string of the molecule is CC(C)(C)c1cc(-c2csc(CN3CCN(c4ccccc4)CC3)n2)cc(C(C)(C)C)c1O.Cl. The lowest BCUT2D eigenvalue weighted by molar-refractivity contribution is 0.249. The average Bonchev–Trinajstić information content (AvgIpc) is 3.22. The third kappa shape index (κ3) is 5.94. The molecule has 0 spiro atoms. The van der Waals surface area contributed by atoms with Crippen LogP contribution in [0.1, 0.15) is 57.7 Å². The highest BCUT2D eigenvalue weighted by Crippen LogP contribution is 2.42. The fourth-order valence-corrected chi connectivity index (χ4v) is 5.28. The molecule has 1 fully saturated rings. The van der Waals surface area contributed by atoms with E-state index in [0.29, 0.717) is 5.75 Å². The van der Waals surface area contributed by atoms with Gasteiger partial charge in [-0.15, -0.1) is 23.7 Å². The van der Waals surface area contributed by atoms with Crippen molar-refractivity contribution in [1.82, 2.24) is 9.88 Å². The first-order valence-electron chi connectivity index (χ1n) is 11.9. The summed E-state index contributed by atoms with van der Waals surface area (Å²) in [5.41, 5.74) is 5.10. The molecule has 0 unspecified atom stereocenters. The van der Waals surface area contributed by atoms with Crippen LogP contribution >= 0.6 is 23.7 Å². The number of piperazine rings is 1. The molecule has 0 aliphatic carbocycles. The van der Waals surface area contributed by atoms with Gasteiger partial charge in [0.05, 0.1) is 12.2 Å². The zero-order chi connectivity index (χ0) is 23.8. The number of benzene rings is 2. The van der Waals surface area contributed by atoms with Crippen molar-refractivity contribution >= 4 is 29.4 Å². The summed E-state index contributed by atoms with van der Waals surface area (Å²) in [6.45, 7) is 18.0. The van der Waals surface area contributed by atoms with Gasteiger partial charge in [0.15, 0.2) is 0 Å². The number of anilines is 1. The van der Waals surface area contributed by atoms with Crippen LogP contribution in [0.3, 0.4) is 0 Å². The van der Waals surface area contributed by atoms with Gasteiger partial charge < -0.3 is 10.0 Å². The predicted octanol–water partition coefficient (Wildman–Crippen LogP) is 6.85. The minimum atomic E-state index is -0.141. The van der Waals surface area contributed by atoms with Crippen molar-refractivity contribution in [2.45, 2.75) is 58.9 Å². The Morgan fingerprint density at radius 2 is 1.44 bits per heavy atom. The highest BCUT2D eigenvalue weighted by molar-refractivity contribution is 7.09. The molecule has 34 heavy (non-hydrogen) atoms. The molecule has 2 aromatic carbocycles. The second kappa shape index (κ2) is 10.3. The second-order valence-corrected chi connectivity index (χ2v) is 12.1. The van der Waals surface area contributed by atoms with Gasteiger partial charge in [0.2, 0.25) is 0 Å². The lowest BCUT2D eigenvalue weighted by Crippen LogP contribution is -2.45. The van der Waals surface area contributed by atoms with Crippen molar-refractivity contribution in [3.05, 3.63) is 64.0 Å². The third-order valence-corrected chi connectivity index (χ3v) is 7.26. The fraction of sp³-hybridized carbons (Fsp3) is 0.464. The Kier molecular flexibility index (Phi) is 8.01. The van der Waals surface area contributed by atoms with E-state index in [1.165, 1.54) is 5.69 Å². The Labute approximate surface area is 215 Å². The van der Waals surface area contributed by atoms with Crippen molar-refractivity contribution in [1.29, 1.82) is 0 Å². The lowest BCUT2D eigenvalue weighted by Gasteiger charge is -2.35. The number of aromatic nitrogens is 1. The summed E-state index contributed by atoms with van der Waals surface area (Å²) in [6.07, 6.45) is 0. The van der Waals surface area contributed by atoms with E-state index in [2.05, 4.69) is 99.2 Å². The zero-order valence-corrected chi connectivity index (χ0v) is 22.9. The molecular weight excluding hydrogens is 462 g/mol. The summed E-state index contributed by atoms with van der Waals surface area (Å²) in [5, 5.41) is 14.3. The number of nitrogens with zero attached hydrogens (tertiary/aromatic N) is 3. The van der Waals surface area contributed by atoms with E-state index in [-0.39, 0.29) is 23.2 Å².